The molecule has 1 fully saturated rings. The summed E-state index contributed by atoms with van der Waals surface area (Å²) in [7, 11) is 3.74. The molecule has 0 radical (unpaired) electrons. The molecule has 1 saturated heterocycles. The van der Waals surface area contributed by atoms with Crippen LogP contribution < -0.4 is 0 Å². The Labute approximate surface area is 245 Å². The van der Waals surface area contributed by atoms with Crippen molar-refractivity contribution in [1.82, 2.24) is 19.4 Å². The molecule has 3 heterocycles. The fourth-order valence-corrected chi connectivity index (χ4v) is 4.56. The zero-order valence-corrected chi connectivity index (χ0v) is 25.6. The molecule has 9 nitrogen and oxygen atoms in total. The van der Waals surface area contributed by atoms with Gasteiger partial charge in [0.15, 0.2) is 14.9 Å². The molecule has 1 aliphatic heterocycles. The second-order valence-electron chi connectivity index (χ2n) is 8.76. The number of rotatable bonds is 9. The van der Waals surface area contributed by atoms with Gasteiger partial charge < -0.3 is 32.5 Å². The summed E-state index contributed by atoms with van der Waals surface area (Å²) in [6.45, 7) is 13.5. The molecular weight excluding hydrogens is 558 g/mol. The van der Waals surface area contributed by atoms with Crippen molar-refractivity contribution in [3.63, 3.8) is 0 Å². The predicted octanol–water partition coefficient (Wildman–Crippen LogP) is 6.79. The van der Waals surface area contributed by atoms with Crippen LogP contribution in [0.2, 0.25) is 0 Å². The molecule has 1 aromatic carbocycles. The van der Waals surface area contributed by atoms with Crippen molar-refractivity contribution < 1.29 is 30.3 Å². The molecule has 1 aliphatic rings. The molecule has 0 N–H and O–H groups in total. The fraction of sp³-hybridized carbons (Fsp3) is 0.500. The summed E-state index contributed by atoms with van der Waals surface area (Å²) in [5.74, 6) is 0.629. The van der Waals surface area contributed by atoms with Gasteiger partial charge in [-0.3, -0.25) is 4.57 Å². The van der Waals surface area contributed by atoms with Gasteiger partial charge in [-0.2, -0.15) is 18.1 Å². The first kappa shape index (κ1) is 34.9. The van der Waals surface area contributed by atoms with Gasteiger partial charge in [0.05, 0.1) is 48.5 Å². The van der Waals surface area contributed by atoms with E-state index in [0.717, 1.165) is 41.2 Å². The largest absolute Gasteiger partial charge is 2.00 e. The van der Waals surface area contributed by atoms with Crippen molar-refractivity contribution in [3.8, 4) is 6.07 Å². The van der Waals surface area contributed by atoms with Crippen molar-refractivity contribution in [1.29, 1.82) is 5.26 Å². The molecule has 2 aromatic heterocycles. The Morgan fingerprint density at radius 1 is 1.23 bits per heavy atom. The molecule has 39 heavy (non-hydrogen) atoms. The van der Waals surface area contributed by atoms with E-state index in [1.54, 1.807) is 12.7 Å². The summed E-state index contributed by atoms with van der Waals surface area (Å²) >= 11 is 0. The molecule has 3 aromatic rings. The van der Waals surface area contributed by atoms with Crippen molar-refractivity contribution >= 4 is 43.1 Å². The molecule has 0 amide bonds. The van der Waals surface area contributed by atoms with Gasteiger partial charge in [-0.25, -0.2) is 15.0 Å². The zero-order chi connectivity index (χ0) is 27.9. The SMILES string of the molecule is CC[C@H]1O[C@@H](n2c3ccccc3c3c(/N=C\N(C)C)ncnc32)CC1OPOCCC#N.[CH2-]CC.[CH2-]CC.[Ni+2]. The maximum absolute atomic E-state index is 8.64. The van der Waals surface area contributed by atoms with Gasteiger partial charge in [-0.1, -0.05) is 39.0 Å². The monoisotopic (exact) mass is 598 g/mol. The Balaban J connectivity index is 0.000000997. The number of nitriles is 1. The number of benzene rings is 1. The van der Waals surface area contributed by atoms with Gasteiger partial charge in [0.2, 0.25) is 0 Å². The Bertz CT molecular complexity index is 1180. The third-order valence-corrected chi connectivity index (χ3v) is 6.05. The summed E-state index contributed by atoms with van der Waals surface area (Å²) in [6.07, 6.45) is 6.80. The number of hydrogen-bond donors (Lipinski definition) is 0. The minimum absolute atomic E-state index is 0. The van der Waals surface area contributed by atoms with E-state index in [1.807, 2.05) is 45.0 Å². The van der Waals surface area contributed by atoms with E-state index in [1.165, 1.54) is 0 Å². The average Bonchev–Trinajstić information content (AvgIpc) is 3.47. The standard InChI is InChI=1S/C22H27N6O3P.2C3H7.Ni/c1-4-17-18(31-32-29-11-7-10-23)12-19(30-17)28-16-9-6-5-8-15(16)20-21(26-14-27(2)3)24-13-25-22(20)28;2*1-3-2;/h5-6,8-9,13-14,17-19,32H,4,7,11-12H2,1-3H3;2*1,3H2,2H3;/q;2*-1;+2/b26-14-;;;/t17-,18?,19-;;;/m1.../s1. The molecule has 0 bridgehead atoms. The van der Waals surface area contributed by atoms with Gasteiger partial charge in [0, 0.05) is 25.9 Å². The number of aliphatic imine (C=N–C) groups is 1. The minimum atomic E-state index is -0.225. The van der Waals surface area contributed by atoms with Crippen molar-refractivity contribution in [2.24, 2.45) is 4.99 Å². The van der Waals surface area contributed by atoms with Gasteiger partial charge in [0.1, 0.15) is 18.2 Å². The van der Waals surface area contributed by atoms with Crippen molar-refractivity contribution in [3.05, 3.63) is 44.4 Å². The topological polar surface area (TPSA) is 97.8 Å². The molecular formula is C28H41N6NiO3P. The first-order chi connectivity index (χ1) is 18.5. The maximum Gasteiger partial charge on any atom is 2.00 e. The second kappa shape index (κ2) is 19.0. The van der Waals surface area contributed by atoms with Crippen LogP contribution in [0.5, 0.6) is 0 Å². The molecule has 2 unspecified atom stereocenters. The van der Waals surface area contributed by atoms with E-state index < -0.39 is 0 Å². The number of fused-ring (bicyclic) bond motifs is 3. The average molecular weight is 599 g/mol. The zero-order valence-electron chi connectivity index (χ0n) is 23.6. The van der Waals surface area contributed by atoms with E-state index >= 15 is 0 Å². The van der Waals surface area contributed by atoms with Crippen LogP contribution in [0.3, 0.4) is 0 Å². The molecule has 4 atom stereocenters. The Kier molecular flexibility index (Phi) is 17.0. The van der Waals surface area contributed by atoms with E-state index in [0.29, 0.717) is 25.3 Å². The summed E-state index contributed by atoms with van der Waals surface area (Å²) in [5, 5.41) is 10.6. The van der Waals surface area contributed by atoms with Crippen LogP contribution in [0.25, 0.3) is 21.9 Å². The Morgan fingerprint density at radius 2 is 1.92 bits per heavy atom. The number of nitrogens with zero attached hydrogens (tertiary/aromatic N) is 6. The van der Waals surface area contributed by atoms with Crippen molar-refractivity contribution in [2.45, 2.75) is 71.3 Å². The summed E-state index contributed by atoms with van der Waals surface area (Å²) in [4.78, 5) is 15.5. The van der Waals surface area contributed by atoms with Gasteiger partial charge in [0.25, 0.3) is 0 Å². The minimum Gasteiger partial charge on any atom is -0.369 e. The molecule has 0 spiro atoms. The normalized spacial score (nSPS) is 18.5. The van der Waals surface area contributed by atoms with E-state index in [2.05, 4.69) is 58.5 Å². The van der Waals surface area contributed by atoms with Crippen LogP contribution in [0.15, 0.2) is 35.6 Å². The number of aromatic nitrogens is 3. The first-order valence-electron chi connectivity index (χ1n) is 13.0. The van der Waals surface area contributed by atoms with E-state index in [4.69, 9.17) is 19.0 Å². The van der Waals surface area contributed by atoms with Gasteiger partial charge in [-0.05, 0) is 12.5 Å². The van der Waals surface area contributed by atoms with E-state index in [-0.39, 0.29) is 44.0 Å². The number of ether oxygens (including phenoxy) is 1. The quantitative estimate of drug-likeness (QED) is 0.0668. The predicted molar refractivity (Wildman–Crippen MR) is 156 cm³/mol. The number of para-hydroxylation sites is 1. The molecule has 11 heteroatoms. The molecule has 0 aliphatic carbocycles. The Morgan fingerprint density at radius 3 is 2.56 bits per heavy atom. The molecule has 0 saturated carbocycles. The summed E-state index contributed by atoms with van der Waals surface area (Å²) < 4.78 is 20.0. The van der Waals surface area contributed by atoms with Crippen LogP contribution in [-0.2, 0) is 30.3 Å². The smallest absolute Gasteiger partial charge is 0.369 e. The first-order valence-corrected chi connectivity index (χ1v) is 13.9. The second-order valence-corrected chi connectivity index (χ2v) is 9.45. The summed E-state index contributed by atoms with van der Waals surface area (Å²) in [6, 6.07) is 10.2. The molecule has 216 valence electrons. The van der Waals surface area contributed by atoms with Crippen molar-refractivity contribution in [2.75, 3.05) is 20.7 Å². The van der Waals surface area contributed by atoms with Crippen LogP contribution in [0.1, 0.15) is 59.1 Å². The van der Waals surface area contributed by atoms with Crippen LogP contribution in [-0.4, -0.2) is 58.7 Å². The van der Waals surface area contributed by atoms with Crippen LogP contribution >= 0.6 is 9.03 Å². The maximum atomic E-state index is 8.64. The van der Waals surface area contributed by atoms with Crippen LogP contribution in [0, 0.1) is 25.2 Å². The Hall–Kier alpha value is -2.14. The fourth-order valence-electron chi connectivity index (χ4n) is 3.94. The van der Waals surface area contributed by atoms with Gasteiger partial charge in [-0.15, -0.1) is 0 Å². The number of hydrogen-bond acceptors (Lipinski definition) is 7. The summed E-state index contributed by atoms with van der Waals surface area (Å²) in [5.41, 5.74) is 1.82. The van der Waals surface area contributed by atoms with Crippen LogP contribution in [0.4, 0.5) is 5.82 Å². The third-order valence-electron chi connectivity index (χ3n) is 5.32. The van der Waals surface area contributed by atoms with E-state index in [9.17, 15) is 0 Å². The van der Waals surface area contributed by atoms with Gasteiger partial charge >= 0.3 is 16.5 Å². The third kappa shape index (κ3) is 9.77. The molecule has 4 rings (SSSR count).